The van der Waals surface area contributed by atoms with Gasteiger partial charge in [-0.1, -0.05) is 6.42 Å². The van der Waals surface area contributed by atoms with Crippen LogP contribution in [0.1, 0.15) is 37.8 Å². The molecule has 0 aromatic carbocycles. The second kappa shape index (κ2) is 13.2. The van der Waals surface area contributed by atoms with E-state index in [-0.39, 0.29) is 48.3 Å². The minimum Gasteiger partial charge on any atom is -0.862 e. The number of aromatic nitrogens is 2. The van der Waals surface area contributed by atoms with Gasteiger partial charge in [-0.15, -0.1) is 0 Å². The zero-order chi connectivity index (χ0) is 16.4. The molecule has 1 heterocycles. The predicted molar refractivity (Wildman–Crippen MR) is 90.9 cm³/mol. The maximum Gasteiger partial charge on any atom is 1.00 e. The zero-order valence-electron chi connectivity index (χ0n) is 13.3. The number of H-pyrrole nitrogens is 1. The summed E-state index contributed by atoms with van der Waals surface area (Å²) in [5.41, 5.74) is 0.647. The van der Waals surface area contributed by atoms with Gasteiger partial charge in [-0.2, -0.15) is 25.3 Å². The number of imidazole rings is 1. The van der Waals surface area contributed by atoms with Gasteiger partial charge >= 0.3 is 35.5 Å². The normalized spacial score (nSPS) is 14.1. The third-order valence-electron chi connectivity index (χ3n) is 3.19. The average molecular weight is 367 g/mol. The van der Waals surface area contributed by atoms with Crippen molar-refractivity contribution in [3.63, 3.8) is 0 Å². The van der Waals surface area contributed by atoms with E-state index in [0.717, 1.165) is 25.0 Å². The molecule has 0 aliphatic heterocycles. The van der Waals surface area contributed by atoms with Crippen molar-refractivity contribution in [1.29, 1.82) is 0 Å². The Hall–Kier alpha value is -0.150. The van der Waals surface area contributed by atoms with Gasteiger partial charge in [-0.3, -0.25) is 4.99 Å². The number of aromatic amines is 1. The maximum absolute atomic E-state index is 11.8. The predicted octanol–water partition coefficient (Wildman–Crippen LogP) is -1.65. The number of rotatable bonds is 11. The molecule has 124 valence electrons. The summed E-state index contributed by atoms with van der Waals surface area (Å²) in [4.78, 5) is 21.6. The summed E-state index contributed by atoms with van der Waals surface area (Å²) in [6.07, 6.45) is 6.85. The molecule has 0 radical (unpaired) electrons. The van der Waals surface area contributed by atoms with Crippen molar-refractivity contribution < 1.29 is 44.6 Å². The molecule has 1 aromatic rings. The molecule has 1 rings (SSSR count). The molecular formula is C14H22N3NaO3S2. The van der Waals surface area contributed by atoms with Gasteiger partial charge in [0.15, 0.2) is 6.04 Å². The first-order valence-corrected chi connectivity index (χ1v) is 8.40. The van der Waals surface area contributed by atoms with Gasteiger partial charge in [-0.05, 0) is 37.3 Å². The summed E-state index contributed by atoms with van der Waals surface area (Å²) in [7, 11) is 0. The SMILES string of the molecule is O=C(O)[C@H](Cc1cnc[nH]1)N=C([O-])CCCCC(S)CCS.[Na+]. The molecule has 2 atom stereocenters. The van der Waals surface area contributed by atoms with Gasteiger partial charge in [-0.25, -0.2) is 9.78 Å². The fraction of sp³-hybridized carbons (Fsp3) is 0.643. The third kappa shape index (κ3) is 10.3. The fourth-order valence-corrected chi connectivity index (χ4v) is 2.81. The molecule has 0 aliphatic carbocycles. The van der Waals surface area contributed by atoms with Crippen LogP contribution in [-0.4, -0.2) is 44.0 Å². The van der Waals surface area contributed by atoms with Crippen LogP contribution in [0.5, 0.6) is 0 Å². The van der Waals surface area contributed by atoms with Crippen molar-refractivity contribution in [2.45, 2.75) is 49.8 Å². The Kier molecular flexibility index (Phi) is 13.1. The summed E-state index contributed by atoms with van der Waals surface area (Å²) >= 11 is 8.57. The number of unbranched alkanes of at least 4 members (excludes halogenated alkanes) is 1. The number of nitrogens with one attached hydrogen (secondary N) is 1. The molecule has 0 spiro atoms. The second-order valence-corrected chi connectivity index (χ2v) is 6.25. The van der Waals surface area contributed by atoms with Crippen molar-refractivity contribution >= 4 is 37.1 Å². The van der Waals surface area contributed by atoms with Crippen LogP contribution >= 0.6 is 25.3 Å². The molecule has 23 heavy (non-hydrogen) atoms. The van der Waals surface area contributed by atoms with Gasteiger partial charge in [0.1, 0.15) is 0 Å². The van der Waals surface area contributed by atoms with Gasteiger partial charge in [0.05, 0.1) is 6.33 Å². The number of thiol groups is 2. The number of hydrogen-bond donors (Lipinski definition) is 4. The first kappa shape index (κ1) is 22.9. The zero-order valence-corrected chi connectivity index (χ0v) is 17.1. The molecule has 0 aliphatic rings. The van der Waals surface area contributed by atoms with E-state index in [4.69, 9.17) is 5.11 Å². The van der Waals surface area contributed by atoms with E-state index in [1.54, 1.807) is 0 Å². The summed E-state index contributed by atoms with van der Waals surface area (Å²) in [6.45, 7) is 0. The number of carbonyl (C=O) groups is 1. The Labute approximate surface area is 169 Å². The number of nitrogens with zero attached hydrogens (tertiary/aromatic N) is 2. The quantitative estimate of drug-likeness (QED) is 0.124. The van der Waals surface area contributed by atoms with E-state index in [2.05, 4.69) is 40.2 Å². The number of hydrogen-bond acceptors (Lipinski definition) is 6. The molecular weight excluding hydrogens is 345 g/mol. The molecule has 0 saturated carbocycles. The minimum absolute atomic E-state index is 0. The van der Waals surface area contributed by atoms with Crippen molar-refractivity contribution in [3.05, 3.63) is 18.2 Å². The summed E-state index contributed by atoms with van der Waals surface area (Å²) in [5.74, 6) is -0.667. The summed E-state index contributed by atoms with van der Waals surface area (Å²) < 4.78 is 0. The van der Waals surface area contributed by atoms with E-state index >= 15 is 0 Å². The van der Waals surface area contributed by atoms with E-state index in [9.17, 15) is 9.90 Å². The molecule has 6 nitrogen and oxygen atoms in total. The topological polar surface area (TPSA) is 101 Å². The molecule has 0 amide bonds. The molecule has 2 N–H and O–H groups in total. The van der Waals surface area contributed by atoms with Crippen molar-refractivity contribution in [1.82, 2.24) is 9.97 Å². The Bertz CT molecular complexity index is 472. The summed E-state index contributed by atoms with van der Waals surface area (Å²) in [5, 5.41) is 21.2. The van der Waals surface area contributed by atoms with Crippen LogP contribution in [-0.2, 0) is 11.2 Å². The van der Waals surface area contributed by atoms with Crippen molar-refractivity contribution in [2.24, 2.45) is 4.99 Å². The fourth-order valence-electron chi connectivity index (χ4n) is 1.98. The number of aliphatic imine (C=N–C) groups is 1. The van der Waals surface area contributed by atoms with Crippen LogP contribution in [0.25, 0.3) is 0 Å². The van der Waals surface area contributed by atoms with Gasteiger partial charge in [0, 0.05) is 23.6 Å². The van der Waals surface area contributed by atoms with Gasteiger partial charge in [0.2, 0.25) is 0 Å². The van der Waals surface area contributed by atoms with Crippen LogP contribution in [0.4, 0.5) is 0 Å². The standard InChI is InChI=1S/C14H23N3O3S2.Na/c18-13(4-2-1-3-11(22)5-6-21)17-12(14(19)20)7-10-8-15-9-16-10;/h8-9,11-12,21-22H,1-7H2,(H,15,16)(H,17,18)(H,19,20);/q;+1/p-1/t11?,12-;/m0./s1. The third-order valence-corrected chi connectivity index (χ3v) is 3.97. The largest absolute Gasteiger partial charge is 1.00 e. The minimum atomic E-state index is -1.10. The number of carboxylic acid groups (broad SMARTS) is 1. The van der Waals surface area contributed by atoms with E-state index < -0.39 is 12.0 Å². The van der Waals surface area contributed by atoms with Crippen LogP contribution in [0, 0.1) is 0 Å². The van der Waals surface area contributed by atoms with Gasteiger partial charge in [0.25, 0.3) is 0 Å². The van der Waals surface area contributed by atoms with E-state index in [1.807, 2.05) is 0 Å². The van der Waals surface area contributed by atoms with Gasteiger partial charge < -0.3 is 15.2 Å². The van der Waals surface area contributed by atoms with Crippen LogP contribution in [0.2, 0.25) is 0 Å². The monoisotopic (exact) mass is 367 g/mol. The molecule has 0 saturated heterocycles. The molecule has 0 bridgehead atoms. The van der Waals surface area contributed by atoms with Crippen LogP contribution in [0.3, 0.4) is 0 Å². The smallest absolute Gasteiger partial charge is 0.862 e. The van der Waals surface area contributed by atoms with E-state index in [0.29, 0.717) is 17.4 Å². The Morgan fingerprint density at radius 3 is 2.74 bits per heavy atom. The molecule has 0 fully saturated rings. The first-order chi connectivity index (χ1) is 10.5. The van der Waals surface area contributed by atoms with E-state index in [1.165, 1.54) is 12.5 Å². The maximum atomic E-state index is 11.8. The Morgan fingerprint density at radius 2 is 2.17 bits per heavy atom. The van der Waals surface area contributed by atoms with Crippen molar-refractivity contribution in [3.8, 4) is 0 Å². The Morgan fingerprint density at radius 1 is 1.43 bits per heavy atom. The Balaban J connectivity index is 0.00000484. The second-order valence-electron chi connectivity index (χ2n) is 5.07. The first-order valence-electron chi connectivity index (χ1n) is 7.25. The van der Waals surface area contributed by atoms with Crippen molar-refractivity contribution in [2.75, 3.05) is 5.75 Å². The molecule has 9 heteroatoms. The van der Waals surface area contributed by atoms with Crippen LogP contribution in [0.15, 0.2) is 17.5 Å². The molecule has 1 aromatic heterocycles. The molecule has 1 unspecified atom stereocenters. The van der Waals surface area contributed by atoms with Crippen LogP contribution < -0.4 is 34.7 Å². The number of aliphatic carboxylic acids is 1. The number of carboxylic acids is 1. The summed E-state index contributed by atoms with van der Waals surface area (Å²) in [6, 6.07) is -1.06. The average Bonchev–Trinajstić information content (AvgIpc) is 2.96.